The average Bonchev–Trinajstić information content (AvgIpc) is 3.00. The predicted molar refractivity (Wildman–Crippen MR) is 170 cm³/mol. The van der Waals surface area contributed by atoms with Crippen LogP contribution < -0.4 is 9.80 Å². The van der Waals surface area contributed by atoms with Crippen molar-refractivity contribution >= 4 is 82.4 Å². The van der Waals surface area contributed by atoms with Gasteiger partial charge in [-0.25, -0.2) is 0 Å². The Morgan fingerprint density at radius 2 is 0.718 bits per heavy atom. The number of para-hydroxylation sites is 2. The third kappa shape index (κ3) is 3.40. The van der Waals surface area contributed by atoms with Crippen LogP contribution in [0.15, 0.2) is 144 Å². The zero-order valence-electron chi connectivity index (χ0n) is 21.1. The van der Waals surface area contributed by atoms with E-state index in [2.05, 4.69) is 165 Å². The highest BCUT2D eigenvalue weighted by atomic mass is 79.9. The van der Waals surface area contributed by atoms with Crippen LogP contribution >= 0.6 is 15.9 Å². The lowest BCUT2D eigenvalue weighted by molar-refractivity contribution is 1.17. The first-order valence-electron chi connectivity index (χ1n) is 13.1. The van der Waals surface area contributed by atoms with E-state index in [1.165, 1.54) is 32.3 Å². The zero-order chi connectivity index (χ0) is 25.9. The molecule has 7 aromatic carbocycles. The Bertz CT molecular complexity index is 2030. The van der Waals surface area contributed by atoms with E-state index in [9.17, 15) is 0 Å². The Balaban J connectivity index is 1.56. The van der Waals surface area contributed by atoms with Gasteiger partial charge in [0.05, 0.1) is 22.7 Å². The van der Waals surface area contributed by atoms with Crippen molar-refractivity contribution in [2.24, 2.45) is 0 Å². The molecular formula is C36H23BrN2. The summed E-state index contributed by atoms with van der Waals surface area (Å²) in [6.07, 6.45) is 0. The zero-order valence-corrected chi connectivity index (χ0v) is 22.6. The van der Waals surface area contributed by atoms with Crippen molar-refractivity contribution in [3.8, 4) is 0 Å². The third-order valence-electron chi connectivity index (χ3n) is 7.77. The van der Waals surface area contributed by atoms with Gasteiger partial charge in [0.1, 0.15) is 0 Å². The molecule has 0 spiro atoms. The molecule has 1 heterocycles. The van der Waals surface area contributed by atoms with E-state index < -0.39 is 0 Å². The minimum Gasteiger partial charge on any atom is -0.306 e. The van der Waals surface area contributed by atoms with Crippen LogP contribution in [0, 0.1) is 0 Å². The van der Waals surface area contributed by atoms with E-state index in [0.29, 0.717) is 0 Å². The van der Waals surface area contributed by atoms with Gasteiger partial charge in [0.15, 0.2) is 0 Å². The smallest absolute Gasteiger partial charge is 0.0714 e. The lowest BCUT2D eigenvalue weighted by atomic mass is 9.92. The highest BCUT2D eigenvalue weighted by molar-refractivity contribution is 9.10. The van der Waals surface area contributed by atoms with Gasteiger partial charge in [-0.05, 0) is 86.9 Å². The van der Waals surface area contributed by atoms with E-state index >= 15 is 0 Å². The fourth-order valence-corrected chi connectivity index (χ4v) is 6.47. The topological polar surface area (TPSA) is 6.48 Å². The molecule has 7 aromatic rings. The summed E-state index contributed by atoms with van der Waals surface area (Å²) >= 11 is 3.76. The molecule has 3 heteroatoms. The Kier molecular flexibility index (Phi) is 5.01. The first-order valence-corrected chi connectivity index (χ1v) is 13.9. The van der Waals surface area contributed by atoms with Crippen LogP contribution in [0.4, 0.5) is 34.1 Å². The minimum atomic E-state index is 1.05. The number of halogens is 1. The summed E-state index contributed by atoms with van der Waals surface area (Å²) in [5, 5.41) is 7.63. The lowest BCUT2D eigenvalue weighted by Gasteiger charge is -2.41. The SMILES string of the molecule is Brc1ccc2c(c1)N(c1ccccc1)c1cc3c4ccccc4c4ccccc4c3cc1N2c1ccccc1. The molecule has 2 nitrogen and oxygen atoms in total. The average molecular weight is 563 g/mol. The molecule has 0 unspecified atom stereocenters. The fourth-order valence-electron chi connectivity index (χ4n) is 6.12. The van der Waals surface area contributed by atoms with Crippen LogP contribution in [0.5, 0.6) is 0 Å². The molecule has 1 aliphatic rings. The molecule has 184 valence electrons. The maximum Gasteiger partial charge on any atom is 0.0714 e. The van der Waals surface area contributed by atoms with Crippen molar-refractivity contribution in [3.05, 3.63) is 144 Å². The number of anilines is 6. The third-order valence-corrected chi connectivity index (χ3v) is 8.26. The second-order valence-corrected chi connectivity index (χ2v) is 10.9. The van der Waals surface area contributed by atoms with Crippen LogP contribution in [0.1, 0.15) is 0 Å². The Morgan fingerprint density at radius 1 is 0.333 bits per heavy atom. The number of hydrogen-bond acceptors (Lipinski definition) is 2. The van der Waals surface area contributed by atoms with Crippen LogP contribution in [-0.2, 0) is 0 Å². The van der Waals surface area contributed by atoms with Gasteiger partial charge in [0.2, 0.25) is 0 Å². The second kappa shape index (κ2) is 8.72. The quantitative estimate of drug-likeness (QED) is 0.193. The van der Waals surface area contributed by atoms with Gasteiger partial charge in [-0.2, -0.15) is 0 Å². The molecule has 0 fully saturated rings. The molecule has 8 rings (SSSR count). The van der Waals surface area contributed by atoms with Crippen molar-refractivity contribution < 1.29 is 0 Å². The number of nitrogens with zero attached hydrogens (tertiary/aromatic N) is 2. The largest absolute Gasteiger partial charge is 0.306 e. The number of hydrogen-bond donors (Lipinski definition) is 0. The molecule has 0 aromatic heterocycles. The summed E-state index contributed by atoms with van der Waals surface area (Å²) in [7, 11) is 0. The molecule has 0 amide bonds. The molecule has 0 aliphatic carbocycles. The molecule has 0 radical (unpaired) electrons. The molecular weight excluding hydrogens is 540 g/mol. The summed E-state index contributed by atoms with van der Waals surface area (Å²) in [5.74, 6) is 0. The molecule has 0 bridgehead atoms. The lowest BCUT2D eigenvalue weighted by Crippen LogP contribution is -2.24. The molecule has 0 atom stereocenters. The summed E-state index contributed by atoms with van der Waals surface area (Å²) < 4.78 is 1.05. The van der Waals surface area contributed by atoms with Gasteiger partial charge >= 0.3 is 0 Å². The van der Waals surface area contributed by atoms with Gasteiger partial charge in [0.25, 0.3) is 0 Å². The summed E-state index contributed by atoms with van der Waals surface area (Å²) in [4.78, 5) is 4.80. The van der Waals surface area contributed by atoms with Crippen molar-refractivity contribution in [1.82, 2.24) is 0 Å². The molecule has 39 heavy (non-hydrogen) atoms. The maximum atomic E-state index is 3.76. The van der Waals surface area contributed by atoms with Crippen molar-refractivity contribution in [3.63, 3.8) is 0 Å². The second-order valence-electron chi connectivity index (χ2n) is 9.95. The summed E-state index contributed by atoms with van der Waals surface area (Å²) in [5.41, 5.74) is 6.87. The van der Waals surface area contributed by atoms with Gasteiger partial charge < -0.3 is 9.80 Å². The molecule has 1 aliphatic heterocycles. The monoisotopic (exact) mass is 562 g/mol. The fraction of sp³-hybridized carbons (Fsp3) is 0. The molecule has 0 saturated heterocycles. The van der Waals surface area contributed by atoms with Crippen molar-refractivity contribution in [2.45, 2.75) is 0 Å². The van der Waals surface area contributed by atoms with Crippen LogP contribution in [0.25, 0.3) is 32.3 Å². The number of fused-ring (bicyclic) bond motifs is 8. The Labute approximate surface area is 235 Å². The van der Waals surface area contributed by atoms with Gasteiger partial charge in [0, 0.05) is 15.8 Å². The summed E-state index contributed by atoms with van der Waals surface area (Å²) in [6, 6.07) is 50.3. The van der Waals surface area contributed by atoms with Gasteiger partial charge in [-0.15, -0.1) is 0 Å². The standard InChI is InChI=1S/C36H23BrN2/c37-24-19-20-33-34(21-24)39(26-13-5-2-6-14-26)36-23-32-30-18-10-8-16-28(30)27-15-7-9-17-29(27)31(32)22-35(36)38(33)25-11-3-1-4-12-25/h1-23H. The highest BCUT2D eigenvalue weighted by Gasteiger charge is 2.31. The van der Waals surface area contributed by atoms with E-state index in [4.69, 9.17) is 0 Å². The first-order chi connectivity index (χ1) is 19.3. The molecule has 0 saturated carbocycles. The van der Waals surface area contributed by atoms with E-state index in [0.717, 1.165) is 38.6 Å². The van der Waals surface area contributed by atoms with E-state index in [-0.39, 0.29) is 0 Å². The highest BCUT2D eigenvalue weighted by Crippen LogP contribution is 2.56. The Morgan fingerprint density at radius 3 is 1.21 bits per heavy atom. The predicted octanol–water partition coefficient (Wildman–Crippen LogP) is 11.2. The van der Waals surface area contributed by atoms with Crippen LogP contribution in [-0.4, -0.2) is 0 Å². The van der Waals surface area contributed by atoms with E-state index in [1.807, 2.05) is 0 Å². The van der Waals surface area contributed by atoms with Crippen molar-refractivity contribution in [2.75, 3.05) is 9.80 Å². The van der Waals surface area contributed by atoms with Gasteiger partial charge in [-0.1, -0.05) is 101 Å². The normalized spacial score (nSPS) is 12.6. The van der Waals surface area contributed by atoms with Gasteiger partial charge in [-0.3, -0.25) is 0 Å². The number of benzene rings is 7. The van der Waals surface area contributed by atoms with E-state index in [1.54, 1.807) is 0 Å². The minimum absolute atomic E-state index is 1.05. The summed E-state index contributed by atoms with van der Waals surface area (Å²) in [6.45, 7) is 0. The molecule has 0 N–H and O–H groups in total. The van der Waals surface area contributed by atoms with Crippen LogP contribution in [0.3, 0.4) is 0 Å². The first kappa shape index (κ1) is 22.4. The van der Waals surface area contributed by atoms with Crippen LogP contribution in [0.2, 0.25) is 0 Å². The Hall–Kier alpha value is -4.60. The maximum absolute atomic E-state index is 3.76. The van der Waals surface area contributed by atoms with Crippen molar-refractivity contribution in [1.29, 1.82) is 0 Å². The number of rotatable bonds is 2.